The van der Waals surface area contributed by atoms with Gasteiger partial charge < -0.3 is 14.8 Å². The molecule has 1 aliphatic heterocycles. The van der Waals surface area contributed by atoms with Gasteiger partial charge in [-0.15, -0.1) is 0 Å². The summed E-state index contributed by atoms with van der Waals surface area (Å²) in [4.78, 5) is 11.6. The van der Waals surface area contributed by atoms with Crippen molar-refractivity contribution in [2.45, 2.75) is 25.3 Å². The standard InChI is InChI=1S/C19H20ClNO2/c1-12-17(13-3-6-16(23-2)7-4-13)10-14-9-15(20)5-8-18(14)21-19(12)11-22/h3-9,11-12,17,19,21H,10H2,1-2H3. The quantitative estimate of drug-likeness (QED) is 0.853. The number of anilines is 1. The predicted molar refractivity (Wildman–Crippen MR) is 93.5 cm³/mol. The average Bonchev–Trinajstić information content (AvgIpc) is 2.71. The molecular formula is C19H20ClNO2. The van der Waals surface area contributed by atoms with Gasteiger partial charge in [0.05, 0.1) is 13.2 Å². The van der Waals surface area contributed by atoms with E-state index in [1.807, 2.05) is 30.3 Å². The van der Waals surface area contributed by atoms with Crippen molar-refractivity contribution in [3.8, 4) is 5.75 Å². The summed E-state index contributed by atoms with van der Waals surface area (Å²) in [6.07, 6.45) is 1.85. The maximum absolute atomic E-state index is 11.6. The fraction of sp³-hybridized carbons (Fsp3) is 0.316. The Morgan fingerprint density at radius 2 is 1.96 bits per heavy atom. The highest BCUT2D eigenvalue weighted by Gasteiger charge is 2.31. The third-order valence-corrected chi connectivity index (χ3v) is 4.96. The molecule has 3 atom stereocenters. The van der Waals surface area contributed by atoms with Crippen LogP contribution >= 0.6 is 11.6 Å². The van der Waals surface area contributed by atoms with Crippen LogP contribution in [0.5, 0.6) is 5.75 Å². The Morgan fingerprint density at radius 1 is 1.22 bits per heavy atom. The Bertz CT molecular complexity index is 699. The van der Waals surface area contributed by atoms with Gasteiger partial charge in [-0.1, -0.05) is 30.7 Å². The number of carbonyl (C=O) groups excluding carboxylic acids is 1. The zero-order valence-corrected chi connectivity index (χ0v) is 14.0. The number of hydrogen-bond acceptors (Lipinski definition) is 3. The second-order valence-corrected chi connectivity index (χ2v) is 6.49. The van der Waals surface area contributed by atoms with E-state index in [0.29, 0.717) is 0 Å². The molecule has 2 aromatic carbocycles. The Kier molecular flexibility index (Phi) is 4.58. The van der Waals surface area contributed by atoms with Crippen LogP contribution in [0.15, 0.2) is 42.5 Å². The molecule has 0 radical (unpaired) electrons. The highest BCUT2D eigenvalue weighted by molar-refractivity contribution is 6.30. The molecule has 0 bridgehead atoms. The molecule has 1 aliphatic rings. The first-order valence-electron chi connectivity index (χ1n) is 7.76. The number of nitrogens with one attached hydrogen (secondary N) is 1. The molecule has 0 fully saturated rings. The normalized spacial score (nSPS) is 23.3. The van der Waals surface area contributed by atoms with Gasteiger partial charge in [-0.25, -0.2) is 0 Å². The van der Waals surface area contributed by atoms with Gasteiger partial charge in [-0.05, 0) is 59.7 Å². The summed E-state index contributed by atoms with van der Waals surface area (Å²) >= 11 is 6.16. The second kappa shape index (κ2) is 6.63. The van der Waals surface area contributed by atoms with Crippen molar-refractivity contribution < 1.29 is 9.53 Å². The first-order chi connectivity index (χ1) is 11.1. The van der Waals surface area contributed by atoms with E-state index in [9.17, 15) is 4.79 Å². The number of methoxy groups -OCH3 is 1. The van der Waals surface area contributed by atoms with Crippen molar-refractivity contribution in [1.82, 2.24) is 0 Å². The van der Waals surface area contributed by atoms with E-state index in [1.54, 1.807) is 7.11 Å². The van der Waals surface area contributed by atoms with Gasteiger partial charge in [0, 0.05) is 10.7 Å². The smallest absolute Gasteiger partial charge is 0.142 e. The second-order valence-electron chi connectivity index (χ2n) is 6.05. The topological polar surface area (TPSA) is 38.3 Å². The third kappa shape index (κ3) is 3.20. The highest BCUT2D eigenvalue weighted by atomic mass is 35.5. The molecule has 2 aromatic rings. The average molecular weight is 330 g/mol. The van der Waals surface area contributed by atoms with Crippen LogP contribution in [0.2, 0.25) is 5.02 Å². The van der Waals surface area contributed by atoms with E-state index in [-0.39, 0.29) is 17.9 Å². The fourth-order valence-corrected chi connectivity index (χ4v) is 3.48. The van der Waals surface area contributed by atoms with Gasteiger partial charge in [0.25, 0.3) is 0 Å². The molecule has 0 spiro atoms. The molecule has 1 heterocycles. The van der Waals surface area contributed by atoms with Crippen LogP contribution in [0.4, 0.5) is 5.69 Å². The summed E-state index contributed by atoms with van der Waals surface area (Å²) in [6, 6.07) is 13.7. The van der Waals surface area contributed by atoms with E-state index >= 15 is 0 Å². The Hall–Kier alpha value is -2.00. The molecule has 3 rings (SSSR count). The Balaban J connectivity index is 2.01. The van der Waals surface area contributed by atoms with Gasteiger partial charge in [-0.3, -0.25) is 0 Å². The predicted octanol–water partition coefficient (Wildman–Crippen LogP) is 4.30. The zero-order valence-electron chi connectivity index (χ0n) is 13.3. The highest BCUT2D eigenvalue weighted by Crippen LogP contribution is 2.38. The monoisotopic (exact) mass is 329 g/mol. The van der Waals surface area contributed by atoms with Crippen LogP contribution in [-0.2, 0) is 11.2 Å². The molecule has 3 nitrogen and oxygen atoms in total. The summed E-state index contributed by atoms with van der Waals surface area (Å²) < 4.78 is 5.24. The molecule has 0 aliphatic carbocycles. The first-order valence-corrected chi connectivity index (χ1v) is 8.14. The van der Waals surface area contributed by atoms with Crippen molar-refractivity contribution in [2.24, 2.45) is 5.92 Å². The van der Waals surface area contributed by atoms with E-state index in [0.717, 1.165) is 34.7 Å². The zero-order chi connectivity index (χ0) is 16.4. The lowest BCUT2D eigenvalue weighted by molar-refractivity contribution is -0.109. The summed E-state index contributed by atoms with van der Waals surface area (Å²) in [5, 5.41) is 4.08. The summed E-state index contributed by atoms with van der Waals surface area (Å²) in [6.45, 7) is 2.12. The number of halogens is 1. The van der Waals surface area contributed by atoms with Gasteiger partial charge in [0.1, 0.15) is 12.0 Å². The molecule has 120 valence electrons. The van der Waals surface area contributed by atoms with Crippen LogP contribution in [0.1, 0.15) is 24.0 Å². The van der Waals surface area contributed by atoms with Crippen LogP contribution in [0.3, 0.4) is 0 Å². The van der Waals surface area contributed by atoms with Crippen LogP contribution in [0.25, 0.3) is 0 Å². The third-order valence-electron chi connectivity index (χ3n) is 4.72. The van der Waals surface area contributed by atoms with Crippen LogP contribution in [0, 0.1) is 5.92 Å². The number of carbonyl (C=O) groups is 1. The minimum absolute atomic E-state index is 0.173. The van der Waals surface area contributed by atoms with E-state index < -0.39 is 0 Å². The molecule has 3 unspecified atom stereocenters. The van der Waals surface area contributed by atoms with E-state index in [4.69, 9.17) is 16.3 Å². The van der Waals surface area contributed by atoms with Gasteiger partial charge >= 0.3 is 0 Å². The Morgan fingerprint density at radius 3 is 2.61 bits per heavy atom. The minimum atomic E-state index is -0.218. The van der Waals surface area contributed by atoms with Crippen LogP contribution in [-0.4, -0.2) is 19.4 Å². The maximum Gasteiger partial charge on any atom is 0.142 e. The van der Waals surface area contributed by atoms with Crippen molar-refractivity contribution in [2.75, 3.05) is 12.4 Å². The molecule has 1 N–H and O–H groups in total. The SMILES string of the molecule is COc1ccc(C2Cc3cc(Cl)ccc3NC(C=O)C2C)cc1. The number of benzene rings is 2. The van der Waals surface area contributed by atoms with Gasteiger partial charge in [0.15, 0.2) is 0 Å². The lowest BCUT2D eigenvalue weighted by Crippen LogP contribution is -2.31. The van der Waals surface area contributed by atoms with Gasteiger partial charge in [0.2, 0.25) is 0 Å². The first kappa shape index (κ1) is 15.9. The molecule has 0 aromatic heterocycles. The number of aldehydes is 1. The molecular weight excluding hydrogens is 310 g/mol. The van der Waals surface area contributed by atoms with Gasteiger partial charge in [-0.2, -0.15) is 0 Å². The molecule has 23 heavy (non-hydrogen) atoms. The fourth-order valence-electron chi connectivity index (χ4n) is 3.29. The lowest BCUT2D eigenvalue weighted by atomic mass is 9.80. The maximum atomic E-state index is 11.6. The minimum Gasteiger partial charge on any atom is -0.497 e. The van der Waals surface area contributed by atoms with Crippen LogP contribution < -0.4 is 10.1 Å². The molecule has 0 saturated heterocycles. The largest absolute Gasteiger partial charge is 0.497 e. The number of fused-ring (bicyclic) bond motifs is 1. The summed E-state index contributed by atoms with van der Waals surface area (Å²) in [7, 11) is 1.66. The van der Waals surface area contributed by atoms with Crippen molar-refractivity contribution in [3.63, 3.8) is 0 Å². The number of rotatable bonds is 3. The molecule has 4 heteroatoms. The molecule has 0 saturated carbocycles. The van der Waals surface area contributed by atoms with Crippen molar-refractivity contribution >= 4 is 23.6 Å². The van der Waals surface area contributed by atoms with Crippen molar-refractivity contribution in [1.29, 1.82) is 0 Å². The Labute approximate surface area is 141 Å². The lowest BCUT2D eigenvalue weighted by Gasteiger charge is -2.26. The summed E-state index contributed by atoms with van der Waals surface area (Å²) in [5.41, 5.74) is 3.35. The van der Waals surface area contributed by atoms with E-state index in [2.05, 4.69) is 24.4 Å². The number of hydrogen-bond donors (Lipinski definition) is 1. The van der Waals surface area contributed by atoms with E-state index in [1.165, 1.54) is 5.56 Å². The van der Waals surface area contributed by atoms with Crippen molar-refractivity contribution in [3.05, 3.63) is 58.6 Å². The molecule has 0 amide bonds. The number of ether oxygens (including phenoxy) is 1. The summed E-state index contributed by atoms with van der Waals surface area (Å²) in [5.74, 6) is 1.25.